The quantitative estimate of drug-likeness (QED) is 0.589. The molecule has 1 nitrogen and oxygen atoms in total. The van der Waals surface area contributed by atoms with Gasteiger partial charge in [-0.1, -0.05) is 28.1 Å². The van der Waals surface area contributed by atoms with Gasteiger partial charge in [-0.15, -0.1) is 12.3 Å². The molecule has 2 heteroatoms. The Balaban J connectivity index is 2.42. The summed E-state index contributed by atoms with van der Waals surface area (Å²) in [5.74, 6) is 2.79. The smallest absolute Gasteiger partial charge is 0.137 e. The van der Waals surface area contributed by atoms with Gasteiger partial charge in [-0.3, -0.25) is 4.79 Å². The zero-order valence-corrected chi connectivity index (χ0v) is 10.1. The zero-order chi connectivity index (χ0) is 11.1. The molecular weight excluding hydrogens is 252 g/mol. The number of terminal acetylenes is 1. The van der Waals surface area contributed by atoms with Crippen molar-refractivity contribution in [3.63, 3.8) is 0 Å². The zero-order valence-electron chi connectivity index (χ0n) is 8.50. The normalized spacial score (nSPS) is 9.60. The van der Waals surface area contributed by atoms with E-state index in [1.165, 1.54) is 0 Å². The van der Waals surface area contributed by atoms with Crippen LogP contribution in [0, 0.1) is 12.3 Å². The molecule has 0 saturated heterocycles. The Morgan fingerprint density at radius 2 is 2.27 bits per heavy atom. The van der Waals surface area contributed by atoms with E-state index in [2.05, 4.69) is 21.9 Å². The number of hydrogen-bond acceptors (Lipinski definition) is 1. The van der Waals surface area contributed by atoms with Gasteiger partial charge in [0.1, 0.15) is 5.78 Å². The number of hydrogen-bond donors (Lipinski definition) is 0. The number of unbranched alkanes of at least 4 members (excludes halogenated alkanes) is 1. The number of carbonyl (C=O) groups is 1. The molecule has 0 spiro atoms. The largest absolute Gasteiger partial charge is 0.299 e. The van der Waals surface area contributed by atoms with Crippen molar-refractivity contribution in [3.05, 3.63) is 34.3 Å². The van der Waals surface area contributed by atoms with E-state index in [1.54, 1.807) is 0 Å². The van der Waals surface area contributed by atoms with E-state index in [9.17, 15) is 4.79 Å². The van der Waals surface area contributed by atoms with E-state index >= 15 is 0 Å². The van der Waals surface area contributed by atoms with Gasteiger partial charge in [-0.2, -0.15) is 0 Å². The van der Waals surface area contributed by atoms with Crippen molar-refractivity contribution in [3.8, 4) is 12.3 Å². The molecule has 0 amide bonds. The van der Waals surface area contributed by atoms with E-state index < -0.39 is 0 Å². The third-order valence-electron chi connectivity index (χ3n) is 2.07. The summed E-state index contributed by atoms with van der Waals surface area (Å²) >= 11 is 3.38. The number of carbonyl (C=O) groups excluding carboxylic acids is 1. The molecule has 0 aliphatic heterocycles. The molecule has 0 aliphatic rings. The van der Waals surface area contributed by atoms with Crippen molar-refractivity contribution in [2.45, 2.75) is 25.7 Å². The van der Waals surface area contributed by atoms with Crippen molar-refractivity contribution in [2.24, 2.45) is 0 Å². The van der Waals surface area contributed by atoms with Crippen LogP contribution in [0.1, 0.15) is 24.8 Å². The van der Waals surface area contributed by atoms with Crippen LogP contribution in [0.25, 0.3) is 0 Å². The molecule has 1 aromatic carbocycles. The Labute approximate surface area is 99.0 Å². The van der Waals surface area contributed by atoms with E-state index in [4.69, 9.17) is 6.42 Å². The fourth-order valence-corrected chi connectivity index (χ4v) is 1.80. The third-order valence-corrected chi connectivity index (χ3v) is 2.56. The summed E-state index contributed by atoms with van der Waals surface area (Å²) in [6.07, 6.45) is 7.68. The van der Waals surface area contributed by atoms with E-state index in [-0.39, 0.29) is 5.78 Å². The lowest BCUT2D eigenvalue weighted by Crippen LogP contribution is -2.02. The summed E-state index contributed by atoms with van der Waals surface area (Å²) in [6, 6.07) is 7.82. The summed E-state index contributed by atoms with van der Waals surface area (Å²) in [5.41, 5.74) is 1.05. The van der Waals surface area contributed by atoms with Crippen LogP contribution >= 0.6 is 15.9 Å². The van der Waals surface area contributed by atoms with Gasteiger partial charge in [0.05, 0.1) is 0 Å². The second kappa shape index (κ2) is 6.42. The molecule has 78 valence electrons. The molecule has 0 radical (unpaired) electrons. The molecule has 0 fully saturated rings. The Morgan fingerprint density at radius 1 is 1.47 bits per heavy atom. The van der Waals surface area contributed by atoms with Crippen molar-refractivity contribution < 1.29 is 4.79 Å². The molecule has 15 heavy (non-hydrogen) atoms. The lowest BCUT2D eigenvalue weighted by Gasteiger charge is -2.00. The highest BCUT2D eigenvalue weighted by molar-refractivity contribution is 9.10. The van der Waals surface area contributed by atoms with Gasteiger partial charge in [0.25, 0.3) is 0 Å². The highest BCUT2D eigenvalue weighted by atomic mass is 79.9. The Morgan fingerprint density at radius 3 is 2.93 bits per heavy atom. The predicted molar refractivity (Wildman–Crippen MR) is 65.5 cm³/mol. The van der Waals surface area contributed by atoms with Crippen LogP contribution in [0.4, 0.5) is 0 Å². The minimum Gasteiger partial charge on any atom is -0.299 e. The Hall–Kier alpha value is -1.07. The molecule has 0 bridgehead atoms. The molecule has 1 rings (SSSR count). The van der Waals surface area contributed by atoms with Gasteiger partial charge in [-0.25, -0.2) is 0 Å². The van der Waals surface area contributed by atoms with Crippen molar-refractivity contribution in [2.75, 3.05) is 0 Å². The number of ketones is 1. The minimum atomic E-state index is 0.253. The molecular formula is C13H13BrO. The maximum atomic E-state index is 11.5. The molecule has 0 saturated carbocycles. The van der Waals surface area contributed by atoms with Gasteiger partial charge in [0.15, 0.2) is 0 Å². The standard InChI is InChI=1S/C13H13BrO/c1-2-3-4-8-13(15)10-11-6-5-7-12(14)9-11/h1,5-7,9H,3-4,8,10H2. The van der Waals surface area contributed by atoms with Gasteiger partial charge < -0.3 is 0 Å². The molecule has 0 aliphatic carbocycles. The van der Waals surface area contributed by atoms with Crippen molar-refractivity contribution in [1.29, 1.82) is 0 Å². The van der Waals surface area contributed by atoms with Crippen LogP contribution < -0.4 is 0 Å². The van der Waals surface area contributed by atoms with E-state index in [1.807, 2.05) is 24.3 Å². The first-order chi connectivity index (χ1) is 7.22. The summed E-state index contributed by atoms with van der Waals surface area (Å²) in [7, 11) is 0. The fourth-order valence-electron chi connectivity index (χ4n) is 1.35. The first kappa shape index (κ1) is 12.0. The summed E-state index contributed by atoms with van der Waals surface area (Å²) in [4.78, 5) is 11.5. The molecule has 0 atom stereocenters. The minimum absolute atomic E-state index is 0.253. The number of halogens is 1. The fraction of sp³-hybridized carbons (Fsp3) is 0.308. The Kier molecular flexibility index (Phi) is 5.14. The molecule has 0 unspecified atom stereocenters. The highest BCUT2D eigenvalue weighted by Gasteiger charge is 2.03. The SMILES string of the molecule is C#CCCCC(=O)Cc1cccc(Br)c1. The lowest BCUT2D eigenvalue weighted by atomic mass is 10.1. The Bertz CT molecular complexity index is 376. The van der Waals surface area contributed by atoms with Gasteiger partial charge in [0, 0.05) is 23.7 Å². The summed E-state index contributed by atoms with van der Waals surface area (Å²) < 4.78 is 1.01. The van der Waals surface area contributed by atoms with E-state index in [0.717, 1.165) is 16.5 Å². The third kappa shape index (κ3) is 4.80. The average molecular weight is 265 g/mol. The second-order valence-corrected chi connectivity index (χ2v) is 4.32. The number of Topliss-reactive ketones (excluding diaryl/α,β-unsaturated/α-hetero) is 1. The van der Waals surface area contributed by atoms with Crippen LogP contribution in [0.15, 0.2) is 28.7 Å². The molecule has 0 aromatic heterocycles. The van der Waals surface area contributed by atoms with Crippen LogP contribution in [0.2, 0.25) is 0 Å². The first-order valence-corrected chi connectivity index (χ1v) is 5.71. The topological polar surface area (TPSA) is 17.1 Å². The highest BCUT2D eigenvalue weighted by Crippen LogP contribution is 2.13. The number of benzene rings is 1. The molecule has 0 heterocycles. The van der Waals surface area contributed by atoms with E-state index in [0.29, 0.717) is 19.3 Å². The van der Waals surface area contributed by atoms with Crippen LogP contribution in [-0.4, -0.2) is 5.78 Å². The maximum absolute atomic E-state index is 11.5. The predicted octanol–water partition coefficient (Wildman–Crippen LogP) is 3.36. The van der Waals surface area contributed by atoms with Crippen LogP contribution in [0.3, 0.4) is 0 Å². The van der Waals surface area contributed by atoms with Gasteiger partial charge >= 0.3 is 0 Å². The van der Waals surface area contributed by atoms with Gasteiger partial charge in [-0.05, 0) is 24.1 Å². The average Bonchev–Trinajstić information content (AvgIpc) is 2.18. The first-order valence-electron chi connectivity index (χ1n) is 4.92. The van der Waals surface area contributed by atoms with Crippen LogP contribution in [-0.2, 0) is 11.2 Å². The lowest BCUT2D eigenvalue weighted by molar-refractivity contribution is -0.118. The monoisotopic (exact) mass is 264 g/mol. The van der Waals surface area contributed by atoms with Crippen molar-refractivity contribution in [1.82, 2.24) is 0 Å². The summed E-state index contributed by atoms with van der Waals surface area (Å²) in [6.45, 7) is 0. The summed E-state index contributed by atoms with van der Waals surface area (Å²) in [5, 5.41) is 0. The maximum Gasteiger partial charge on any atom is 0.137 e. The van der Waals surface area contributed by atoms with Crippen LogP contribution in [0.5, 0.6) is 0 Å². The second-order valence-electron chi connectivity index (χ2n) is 3.40. The molecule has 0 N–H and O–H groups in total. The number of rotatable bonds is 5. The van der Waals surface area contributed by atoms with Crippen molar-refractivity contribution >= 4 is 21.7 Å². The molecule has 1 aromatic rings. The van der Waals surface area contributed by atoms with Gasteiger partial charge in [0.2, 0.25) is 0 Å².